The third kappa shape index (κ3) is 4.48. The number of anilines is 1. The molecule has 0 aliphatic rings. The Morgan fingerprint density at radius 2 is 1.83 bits per heavy atom. The fourth-order valence-electron chi connectivity index (χ4n) is 2.13. The summed E-state index contributed by atoms with van der Waals surface area (Å²) in [5.74, 6) is -0.128. The van der Waals surface area contributed by atoms with Gasteiger partial charge in [-0.1, -0.05) is 29.8 Å². The molecule has 0 bridgehead atoms. The van der Waals surface area contributed by atoms with Crippen molar-refractivity contribution in [2.24, 2.45) is 0 Å². The van der Waals surface area contributed by atoms with Gasteiger partial charge < -0.3 is 10.1 Å². The van der Waals surface area contributed by atoms with Gasteiger partial charge in [-0.05, 0) is 37.6 Å². The maximum Gasteiger partial charge on any atom is 0.418 e. The van der Waals surface area contributed by atoms with E-state index in [9.17, 15) is 18.0 Å². The van der Waals surface area contributed by atoms with Gasteiger partial charge in [0.05, 0.1) is 11.3 Å². The number of rotatable bonds is 4. The van der Waals surface area contributed by atoms with Crippen LogP contribution in [-0.2, 0) is 11.0 Å². The summed E-state index contributed by atoms with van der Waals surface area (Å²) in [6.45, 7) is 3.40. The Morgan fingerprint density at radius 1 is 1.13 bits per heavy atom. The van der Waals surface area contributed by atoms with Crippen LogP contribution < -0.4 is 10.1 Å². The van der Waals surface area contributed by atoms with Crippen molar-refractivity contribution in [1.29, 1.82) is 0 Å². The zero-order valence-corrected chi connectivity index (χ0v) is 12.7. The molecule has 0 saturated heterocycles. The van der Waals surface area contributed by atoms with Crippen LogP contribution in [0, 0.1) is 13.8 Å². The number of nitrogens with one attached hydrogen (secondary N) is 1. The smallest absolute Gasteiger partial charge is 0.418 e. The molecule has 0 atom stereocenters. The van der Waals surface area contributed by atoms with E-state index in [2.05, 4.69) is 5.32 Å². The number of carbonyl (C=O) groups excluding carboxylic acids is 1. The standard InChI is InChI=1S/C17H16F3NO2/c1-11-7-8-15(12(2)9-11)23-10-16(22)21-14-6-4-3-5-13(14)17(18,19)20/h3-9H,10H2,1-2H3,(H,21,22). The lowest BCUT2D eigenvalue weighted by atomic mass is 10.1. The molecule has 0 aliphatic carbocycles. The summed E-state index contributed by atoms with van der Waals surface area (Å²) in [6, 6.07) is 10.3. The second-order valence-corrected chi connectivity index (χ2v) is 5.15. The van der Waals surface area contributed by atoms with E-state index in [1.54, 1.807) is 6.07 Å². The molecule has 2 aromatic carbocycles. The number of hydrogen-bond acceptors (Lipinski definition) is 2. The molecule has 3 nitrogen and oxygen atoms in total. The third-order valence-corrected chi connectivity index (χ3v) is 3.20. The summed E-state index contributed by atoms with van der Waals surface area (Å²) in [5, 5.41) is 2.23. The van der Waals surface area contributed by atoms with Crippen LogP contribution in [-0.4, -0.2) is 12.5 Å². The Hall–Kier alpha value is -2.50. The van der Waals surface area contributed by atoms with Gasteiger partial charge in [0, 0.05) is 0 Å². The van der Waals surface area contributed by atoms with Crippen LogP contribution in [0.25, 0.3) is 0 Å². The van der Waals surface area contributed by atoms with Gasteiger partial charge in [-0.2, -0.15) is 13.2 Å². The summed E-state index contributed by atoms with van der Waals surface area (Å²) < 4.78 is 43.9. The quantitative estimate of drug-likeness (QED) is 0.909. The molecule has 0 spiro atoms. The second-order valence-electron chi connectivity index (χ2n) is 5.15. The lowest BCUT2D eigenvalue weighted by Gasteiger charge is -2.14. The Kier molecular flexibility index (Phi) is 4.93. The van der Waals surface area contributed by atoms with E-state index in [0.29, 0.717) is 5.75 Å². The summed E-state index contributed by atoms with van der Waals surface area (Å²) in [4.78, 5) is 11.8. The zero-order chi connectivity index (χ0) is 17.0. The predicted molar refractivity (Wildman–Crippen MR) is 81.5 cm³/mol. The Morgan fingerprint density at radius 3 is 2.48 bits per heavy atom. The molecule has 23 heavy (non-hydrogen) atoms. The predicted octanol–water partition coefficient (Wildman–Crippen LogP) is 4.34. The van der Waals surface area contributed by atoms with Crippen molar-refractivity contribution < 1.29 is 22.7 Å². The molecule has 0 aliphatic heterocycles. The minimum Gasteiger partial charge on any atom is -0.483 e. The maximum atomic E-state index is 12.9. The van der Waals surface area contributed by atoms with Gasteiger partial charge in [-0.25, -0.2) is 0 Å². The number of hydrogen-bond donors (Lipinski definition) is 1. The summed E-state index contributed by atoms with van der Waals surface area (Å²) in [5.41, 5.74) is 0.737. The normalized spacial score (nSPS) is 11.2. The van der Waals surface area contributed by atoms with Crippen LogP contribution in [0.1, 0.15) is 16.7 Å². The van der Waals surface area contributed by atoms with E-state index in [1.165, 1.54) is 18.2 Å². The van der Waals surface area contributed by atoms with Crippen molar-refractivity contribution in [2.45, 2.75) is 20.0 Å². The van der Waals surface area contributed by atoms with Gasteiger partial charge in [-0.15, -0.1) is 0 Å². The van der Waals surface area contributed by atoms with Crippen LogP contribution >= 0.6 is 0 Å². The number of alkyl halides is 3. The van der Waals surface area contributed by atoms with E-state index in [0.717, 1.165) is 17.2 Å². The molecule has 1 N–H and O–H groups in total. The number of benzene rings is 2. The van der Waals surface area contributed by atoms with Crippen molar-refractivity contribution >= 4 is 11.6 Å². The van der Waals surface area contributed by atoms with Crippen molar-refractivity contribution in [3.8, 4) is 5.75 Å². The van der Waals surface area contributed by atoms with E-state index < -0.39 is 17.6 Å². The highest BCUT2D eigenvalue weighted by Gasteiger charge is 2.33. The molecular formula is C17H16F3NO2. The van der Waals surface area contributed by atoms with Gasteiger partial charge in [0.2, 0.25) is 0 Å². The highest BCUT2D eigenvalue weighted by Crippen LogP contribution is 2.34. The van der Waals surface area contributed by atoms with Crippen molar-refractivity contribution in [3.05, 3.63) is 59.2 Å². The topological polar surface area (TPSA) is 38.3 Å². The molecule has 0 fully saturated rings. The first-order valence-electron chi connectivity index (χ1n) is 6.93. The molecule has 0 aromatic heterocycles. The molecule has 0 unspecified atom stereocenters. The summed E-state index contributed by atoms with van der Waals surface area (Å²) in [7, 11) is 0. The number of carbonyl (C=O) groups is 1. The van der Waals surface area contributed by atoms with E-state index in [4.69, 9.17) is 4.74 Å². The molecule has 0 heterocycles. The minimum atomic E-state index is -4.53. The minimum absolute atomic E-state index is 0.283. The number of amides is 1. The first-order valence-corrected chi connectivity index (χ1v) is 6.93. The first kappa shape index (κ1) is 16.9. The number of halogens is 3. The fraction of sp³-hybridized carbons (Fsp3) is 0.235. The molecule has 6 heteroatoms. The van der Waals surface area contributed by atoms with Gasteiger partial charge in [0.25, 0.3) is 5.91 Å². The second kappa shape index (κ2) is 6.73. The van der Waals surface area contributed by atoms with Crippen LogP contribution in [0.15, 0.2) is 42.5 Å². The number of ether oxygens (including phenoxy) is 1. The Labute approximate surface area is 132 Å². The van der Waals surface area contributed by atoms with E-state index >= 15 is 0 Å². The highest BCUT2D eigenvalue weighted by atomic mass is 19.4. The molecular weight excluding hydrogens is 307 g/mol. The molecule has 1 amide bonds. The Bertz CT molecular complexity index is 711. The molecule has 0 saturated carbocycles. The van der Waals surface area contributed by atoms with Crippen molar-refractivity contribution in [2.75, 3.05) is 11.9 Å². The van der Waals surface area contributed by atoms with Gasteiger partial charge in [0.1, 0.15) is 5.75 Å². The monoisotopic (exact) mass is 323 g/mol. The van der Waals surface area contributed by atoms with Crippen molar-refractivity contribution in [3.63, 3.8) is 0 Å². The van der Waals surface area contributed by atoms with Gasteiger partial charge in [-0.3, -0.25) is 4.79 Å². The SMILES string of the molecule is Cc1ccc(OCC(=O)Nc2ccccc2C(F)(F)F)c(C)c1. The average Bonchev–Trinajstić information content (AvgIpc) is 2.46. The largest absolute Gasteiger partial charge is 0.483 e. The lowest BCUT2D eigenvalue weighted by molar-refractivity contribution is -0.137. The molecule has 122 valence electrons. The van der Waals surface area contributed by atoms with Gasteiger partial charge >= 0.3 is 6.18 Å². The first-order chi connectivity index (χ1) is 10.8. The number of para-hydroxylation sites is 1. The fourth-order valence-corrected chi connectivity index (χ4v) is 2.13. The van der Waals surface area contributed by atoms with Crippen LogP contribution in [0.4, 0.5) is 18.9 Å². The van der Waals surface area contributed by atoms with E-state index in [1.807, 2.05) is 26.0 Å². The molecule has 2 aromatic rings. The van der Waals surface area contributed by atoms with Crippen LogP contribution in [0.3, 0.4) is 0 Å². The Balaban J connectivity index is 2.03. The zero-order valence-electron chi connectivity index (χ0n) is 12.7. The van der Waals surface area contributed by atoms with E-state index in [-0.39, 0.29) is 12.3 Å². The van der Waals surface area contributed by atoms with Crippen LogP contribution in [0.2, 0.25) is 0 Å². The lowest BCUT2D eigenvalue weighted by Crippen LogP contribution is -2.22. The third-order valence-electron chi connectivity index (χ3n) is 3.20. The summed E-state index contributed by atoms with van der Waals surface area (Å²) in [6.07, 6.45) is -4.53. The summed E-state index contributed by atoms with van der Waals surface area (Å²) >= 11 is 0. The highest BCUT2D eigenvalue weighted by molar-refractivity contribution is 5.92. The van der Waals surface area contributed by atoms with Gasteiger partial charge in [0.15, 0.2) is 6.61 Å². The van der Waals surface area contributed by atoms with Crippen molar-refractivity contribution in [1.82, 2.24) is 0 Å². The van der Waals surface area contributed by atoms with Crippen LogP contribution in [0.5, 0.6) is 5.75 Å². The molecule has 0 radical (unpaired) electrons. The maximum absolute atomic E-state index is 12.9. The average molecular weight is 323 g/mol. The number of aryl methyl sites for hydroxylation is 2. The molecule has 2 rings (SSSR count).